The third-order valence-electron chi connectivity index (χ3n) is 11.6. The first kappa shape index (κ1) is 51.8. The summed E-state index contributed by atoms with van der Waals surface area (Å²) in [5.74, 6) is -0.880. The van der Waals surface area contributed by atoms with Crippen molar-refractivity contribution >= 4 is 11.9 Å². The van der Waals surface area contributed by atoms with E-state index in [1.807, 2.05) is 0 Å². The Labute approximate surface area is 351 Å². The third kappa shape index (κ3) is 18.8. The van der Waals surface area contributed by atoms with E-state index < -0.39 is 92.3 Å². The number of aliphatic hydroxyl groups excluding tert-OH is 6. The van der Waals surface area contributed by atoms with Gasteiger partial charge in [-0.3, -0.25) is 14.4 Å². The number of hydroxylamine groups is 1. The van der Waals surface area contributed by atoms with E-state index >= 15 is 0 Å². The molecule has 0 amide bonds. The zero-order chi connectivity index (χ0) is 42.9. The van der Waals surface area contributed by atoms with E-state index in [4.69, 9.17) is 33.3 Å². The topological polar surface area (TPSA) is 245 Å². The summed E-state index contributed by atoms with van der Waals surface area (Å²) < 4.78 is 33.9. The van der Waals surface area contributed by atoms with Crippen LogP contribution in [0.2, 0.25) is 0 Å². The molecule has 11 atom stereocenters. The van der Waals surface area contributed by atoms with Crippen molar-refractivity contribution in [2.24, 2.45) is 0 Å². The highest BCUT2D eigenvalue weighted by Gasteiger charge is 2.66. The Bertz CT molecular complexity index is 1110. The number of carbonyl (C=O) groups is 2. The second-order valence-electron chi connectivity index (χ2n) is 16.7. The van der Waals surface area contributed by atoms with Gasteiger partial charge in [0.15, 0.2) is 24.8 Å². The van der Waals surface area contributed by atoms with Crippen LogP contribution in [0.5, 0.6) is 0 Å². The van der Waals surface area contributed by atoms with Gasteiger partial charge in [0.1, 0.15) is 43.2 Å². The van der Waals surface area contributed by atoms with E-state index in [2.05, 4.69) is 19.3 Å². The molecular weight excluding hydrogens is 770 g/mol. The molecule has 3 aliphatic rings. The minimum atomic E-state index is -1.69. The summed E-state index contributed by atoms with van der Waals surface area (Å²) in [6.07, 6.45) is 11.3. The fourth-order valence-electron chi connectivity index (χ4n) is 7.62. The number of ether oxygens (including phenoxy) is 6. The van der Waals surface area contributed by atoms with Crippen LogP contribution in [0.15, 0.2) is 0 Å². The van der Waals surface area contributed by atoms with Crippen molar-refractivity contribution in [3.05, 3.63) is 0 Å². The van der Waals surface area contributed by atoms with Crippen molar-refractivity contribution in [2.75, 3.05) is 26.4 Å². The fourth-order valence-corrected chi connectivity index (χ4v) is 7.62. The highest BCUT2D eigenvalue weighted by atomic mass is 16.8. The molecule has 346 valence electrons. The lowest BCUT2D eigenvalue weighted by Crippen LogP contribution is -2.64. The summed E-state index contributed by atoms with van der Waals surface area (Å²) in [5, 5.41) is 62.1. The molecule has 7 N–H and O–H groups in total. The van der Waals surface area contributed by atoms with Crippen LogP contribution in [-0.4, -0.2) is 136 Å². The Balaban J connectivity index is 1.47. The Morgan fingerprint density at radius 1 is 0.576 bits per heavy atom. The number of aliphatic hydroxyl groups is 6. The molecule has 0 aromatic heterocycles. The highest BCUT2D eigenvalue weighted by molar-refractivity contribution is 5.70. The van der Waals surface area contributed by atoms with Gasteiger partial charge in [-0.05, 0) is 12.8 Å². The molecule has 0 radical (unpaired) electrons. The molecule has 3 saturated heterocycles. The summed E-state index contributed by atoms with van der Waals surface area (Å²) in [7, 11) is 0. The summed E-state index contributed by atoms with van der Waals surface area (Å²) in [6.45, 7) is 2.71. The summed E-state index contributed by atoms with van der Waals surface area (Å²) >= 11 is 0. The molecule has 16 nitrogen and oxygen atoms in total. The Morgan fingerprint density at radius 3 is 1.54 bits per heavy atom. The molecule has 16 heteroatoms. The molecule has 0 saturated carbocycles. The highest BCUT2D eigenvalue weighted by Crippen LogP contribution is 2.39. The van der Waals surface area contributed by atoms with Crippen molar-refractivity contribution in [3.63, 3.8) is 0 Å². The molecule has 3 heterocycles. The number of nitrogens with one attached hydrogen (secondary N) is 1. The molecule has 3 aliphatic heterocycles. The maximum Gasteiger partial charge on any atom is 0.306 e. The predicted octanol–water partition coefficient (Wildman–Crippen LogP) is 4.35. The van der Waals surface area contributed by atoms with Crippen molar-refractivity contribution < 1.29 is 73.5 Å². The van der Waals surface area contributed by atoms with E-state index in [-0.39, 0.29) is 26.1 Å². The van der Waals surface area contributed by atoms with Crippen LogP contribution in [0, 0.1) is 0 Å². The number of carbonyl (C=O) groups excluding carboxylic acids is 2. The van der Waals surface area contributed by atoms with Gasteiger partial charge in [0.05, 0.1) is 19.8 Å². The normalized spacial score (nSPS) is 29.7. The van der Waals surface area contributed by atoms with Crippen molar-refractivity contribution in [3.8, 4) is 0 Å². The van der Waals surface area contributed by atoms with E-state index in [1.165, 1.54) is 89.9 Å². The van der Waals surface area contributed by atoms with E-state index in [0.717, 1.165) is 38.5 Å². The van der Waals surface area contributed by atoms with Crippen molar-refractivity contribution in [1.82, 2.24) is 5.48 Å². The molecule has 3 fully saturated rings. The lowest BCUT2D eigenvalue weighted by molar-refractivity contribution is -0.329. The summed E-state index contributed by atoms with van der Waals surface area (Å²) in [5.41, 5.74) is 0.803. The van der Waals surface area contributed by atoms with Crippen LogP contribution >= 0.6 is 0 Å². The van der Waals surface area contributed by atoms with Crippen LogP contribution in [0.3, 0.4) is 0 Å². The molecule has 1 spiro atoms. The zero-order valence-electron chi connectivity index (χ0n) is 35.9. The van der Waals surface area contributed by atoms with E-state index in [0.29, 0.717) is 12.8 Å². The van der Waals surface area contributed by atoms with Gasteiger partial charge in [0, 0.05) is 12.8 Å². The van der Waals surface area contributed by atoms with Crippen LogP contribution in [0.4, 0.5) is 0 Å². The molecule has 0 unspecified atom stereocenters. The molecule has 0 bridgehead atoms. The number of hydrogen-bond donors (Lipinski definition) is 7. The summed E-state index contributed by atoms with van der Waals surface area (Å²) in [6, 6.07) is 0. The quantitative estimate of drug-likeness (QED) is 0.0270. The molecule has 0 aromatic rings. The van der Waals surface area contributed by atoms with Gasteiger partial charge in [-0.25, -0.2) is 0 Å². The Kier molecular flexibility index (Phi) is 26.1. The molecule has 3 rings (SSSR count). The van der Waals surface area contributed by atoms with Crippen LogP contribution in [0.25, 0.3) is 0 Å². The van der Waals surface area contributed by atoms with Crippen LogP contribution in [-0.2, 0) is 42.8 Å². The Morgan fingerprint density at radius 2 is 1.05 bits per heavy atom. The van der Waals surface area contributed by atoms with Gasteiger partial charge in [-0.1, -0.05) is 142 Å². The molecular formula is C43H79NO15. The number of hydrogen-bond acceptors (Lipinski definition) is 16. The SMILES string of the molecule is CCCCCCCCCCCCCCCC(=O)OC[C@H](CO[C@@H]1O[C@H](CO[C@H]2O[C@H](CO)[C@H](O)[C@H](O)[C@H]2O)[C@H](O)[C@@]2(NO2)[C@H]1O)OC(=O)CCCCCCCCCCC. The maximum atomic E-state index is 12.9. The first-order chi connectivity index (χ1) is 28.6. The van der Waals surface area contributed by atoms with Gasteiger partial charge >= 0.3 is 11.9 Å². The maximum absolute atomic E-state index is 12.9. The monoisotopic (exact) mass is 850 g/mol. The standard InChI is InChI=1S/C43H79NO15/c1-3-5-7-9-11-13-14-15-16-18-19-21-23-25-34(46)53-28-31(56-35(47)26-24-22-20-17-12-10-8-6-4-2)29-54-42-40(52)43(44-59-43)39(51)33(58-42)30-55-41-38(50)37(49)36(48)32(27-45)57-41/h31-33,36-42,44-45,48-52H,3-30H2,1-2H3/t31-,32-,33-,36+,37+,38-,39+,40+,41+,42-,43+/m1/s1. The lowest BCUT2D eigenvalue weighted by atomic mass is 9.94. The second kappa shape index (κ2) is 29.7. The largest absolute Gasteiger partial charge is 0.462 e. The Hall–Kier alpha value is -1.54. The minimum absolute atomic E-state index is 0.187. The van der Waals surface area contributed by atoms with Crippen LogP contribution in [0.1, 0.15) is 168 Å². The van der Waals surface area contributed by atoms with Crippen molar-refractivity contribution in [1.29, 1.82) is 0 Å². The molecule has 0 aliphatic carbocycles. The minimum Gasteiger partial charge on any atom is -0.462 e. The predicted molar refractivity (Wildman–Crippen MR) is 216 cm³/mol. The lowest BCUT2D eigenvalue weighted by Gasteiger charge is -2.42. The van der Waals surface area contributed by atoms with Crippen molar-refractivity contribution in [2.45, 2.75) is 235 Å². The van der Waals surface area contributed by atoms with E-state index in [1.54, 1.807) is 0 Å². The smallest absolute Gasteiger partial charge is 0.306 e. The van der Waals surface area contributed by atoms with Gasteiger partial charge < -0.3 is 59.1 Å². The van der Waals surface area contributed by atoms with Gasteiger partial charge in [-0.15, -0.1) is 0 Å². The zero-order valence-corrected chi connectivity index (χ0v) is 35.9. The average molecular weight is 850 g/mol. The average Bonchev–Trinajstić information content (AvgIpc) is 4.04. The van der Waals surface area contributed by atoms with Gasteiger partial charge in [0.2, 0.25) is 5.72 Å². The molecule has 0 aromatic carbocycles. The number of rotatable bonds is 34. The summed E-state index contributed by atoms with van der Waals surface area (Å²) in [4.78, 5) is 30.9. The fraction of sp³-hybridized carbons (Fsp3) is 0.953. The number of esters is 2. The van der Waals surface area contributed by atoms with Gasteiger partial charge in [0.25, 0.3) is 0 Å². The number of unbranched alkanes of at least 4 members (excludes halogenated alkanes) is 20. The molecule has 59 heavy (non-hydrogen) atoms. The van der Waals surface area contributed by atoms with Crippen LogP contribution < -0.4 is 5.48 Å². The third-order valence-corrected chi connectivity index (χ3v) is 11.6. The first-order valence-electron chi connectivity index (χ1n) is 22.9. The van der Waals surface area contributed by atoms with E-state index in [9.17, 15) is 40.2 Å². The first-order valence-corrected chi connectivity index (χ1v) is 22.9. The van der Waals surface area contributed by atoms with Gasteiger partial charge in [-0.2, -0.15) is 5.48 Å². The second-order valence-corrected chi connectivity index (χ2v) is 16.7.